The molecule has 1 N–H and O–H groups in total. The summed E-state index contributed by atoms with van der Waals surface area (Å²) in [5, 5.41) is 7.33. The minimum absolute atomic E-state index is 0.161. The molecule has 1 amide bonds. The van der Waals surface area contributed by atoms with E-state index in [0.29, 0.717) is 42.5 Å². The molecule has 0 aliphatic carbocycles. The van der Waals surface area contributed by atoms with Crippen LogP contribution in [0.1, 0.15) is 21.7 Å². The van der Waals surface area contributed by atoms with E-state index in [2.05, 4.69) is 20.4 Å². The first-order valence-corrected chi connectivity index (χ1v) is 10.2. The average molecular weight is 429 g/mol. The molecule has 0 bridgehead atoms. The number of benzene rings is 1. The Kier molecular flexibility index (Phi) is 5.06. The number of anilines is 2. The molecule has 0 saturated carbocycles. The highest BCUT2D eigenvalue weighted by molar-refractivity contribution is 5.92. The summed E-state index contributed by atoms with van der Waals surface area (Å²) in [6.45, 7) is 0.812. The lowest BCUT2D eigenvalue weighted by Gasteiger charge is -2.29. The molecule has 9 heteroatoms. The predicted molar refractivity (Wildman–Crippen MR) is 117 cm³/mol. The van der Waals surface area contributed by atoms with Crippen molar-refractivity contribution in [3.05, 3.63) is 83.8 Å². The zero-order valence-corrected chi connectivity index (χ0v) is 17.4. The highest BCUT2D eigenvalue weighted by Crippen LogP contribution is 2.30. The van der Waals surface area contributed by atoms with Crippen LogP contribution in [-0.2, 0) is 20.0 Å². The molecular formula is C23H20FN7O. The lowest BCUT2D eigenvalue weighted by molar-refractivity contribution is 0.0727. The van der Waals surface area contributed by atoms with Gasteiger partial charge in [0.15, 0.2) is 5.82 Å². The quantitative estimate of drug-likeness (QED) is 0.535. The molecule has 0 radical (unpaired) electrons. The molecule has 1 aromatic carbocycles. The number of hydrogen-bond donors (Lipinski definition) is 1. The van der Waals surface area contributed by atoms with Crippen LogP contribution in [0, 0.1) is 5.82 Å². The number of amides is 1. The van der Waals surface area contributed by atoms with Gasteiger partial charge in [-0.25, -0.2) is 14.4 Å². The molecule has 8 nitrogen and oxygen atoms in total. The first-order chi connectivity index (χ1) is 15.6. The maximum absolute atomic E-state index is 14.4. The van der Waals surface area contributed by atoms with E-state index in [4.69, 9.17) is 4.98 Å². The van der Waals surface area contributed by atoms with Gasteiger partial charge in [-0.15, -0.1) is 0 Å². The summed E-state index contributed by atoms with van der Waals surface area (Å²) in [4.78, 5) is 28.2. The molecule has 5 rings (SSSR count). The predicted octanol–water partition coefficient (Wildman–Crippen LogP) is 3.35. The van der Waals surface area contributed by atoms with E-state index in [0.717, 1.165) is 16.8 Å². The number of hydrogen-bond acceptors (Lipinski definition) is 6. The van der Waals surface area contributed by atoms with Crippen molar-refractivity contribution in [3.63, 3.8) is 0 Å². The van der Waals surface area contributed by atoms with Gasteiger partial charge in [0.2, 0.25) is 0 Å². The van der Waals surface area contributed by atoms with E-state index in [1.807, 2.05) is 12.1 Å². The van der Waals surface area contributed by atoms with Gasteiger partial charge in [0.05, 0.1) is 17.9 Å². The first kappa shape index (κ1) is 19.8. The summed E-state index contributed by atoms with van der Waals surface area (Å²) >= 11 is 0. The van der Waals surface area contributed by atoms with Crippen molar-refractivity contribution in [1.29, 1.82) is 0 Å². The Morgan fingerprint density at radius 3 is 2.66 bits per heavy atom. The Bertz CT molecular complexity index is 1290. The van der Waals surface area contributed by atoms with Gasteiger partial charge >= 0.3 is 0 Å². The van der Waals surface area contributed by atoms with Gasteiger partial charge in [-0.05, 0) is 30.3 Å². The molecule has 4 aromatic rings. The second-order valence-corrected chi connectivity index (χ2v) is 7.51. The summed E-state index contributed by atoms with van der Waals surface area (Å²) in [5.41, 5.74) is 3.10. The number of pyridine rings is 1. The van der Waals surface area contributed by atoms with Crippen molar-refractivity contribution in [2.24, 2.45) is 7.05 Å². The molecule has 3 aromatic heterocycles. The Morgan fingerprint density at radius 2 is 1.91 bits per heavy atom. The van der Waals surface area contributed by atoms with Gasteiger partial charge in [-0.1, -0.05) is 12.1 Å². The molecule has 1 aliphatic heterocycles. The van der Waals surface area contributed by atoms with E-state index in [-0.39, 0.29) is 11.7 Å². The highest BCUT2D eigenvalue weighted by Gasteiger charge is 2.27. The second-order valence-electron chi connectivity index (χ2n) is 7.51. The van der Waals surface area contributed by atoms with Gasteiger partial charge < -0.3 is 10.2 Å². The Hall–Kier alpha value is -4.14. The summed E-state index contributed by atoms with van der Waals surface area (Å²) < 4.78 is 16.0. The van der Waals surface area contributed by atoms with E-state index in [1.165, 1.54) is 6.07 Å². The Balaban J connectivity index is 1.54. The summed E-state index contributed by atoms with van der Waals surface area (Å²) in [7, 11) is 1.77. The topological polar surface area (TPSA) is 88.8 Å². The molecular weight excluding hydrogens is 409 g/mol. The van der Waals surface area contributed by atoms with E-state index in [1.54, 1.807) is 59.5 Å². The third kappa shape index (κ3) is 3.80. The number of nitrogens with zero attached hydrogens (tertiary/aromatic N) is 6. The second kappa shape index (κ2) is 8.18. The van der Waals surface area contributed by atoms with Crippen molar-refractivity contribution in [3.8, 4) is 11.4 Å². The molecule has 0 atom stereocenters. The molecule has 0 spiro atoms. The van der Waals surface area contributed by atoms with Gasteiger partial charge in [0, 0.05) is 49.7 Å². The summed E-state index contributed by atoms with van der Waals surface area (Å²) in [6.07, 6.45) is 5.64. The van der Waals surface area contributed by atoms with E-state index < -0.39 is 0 Å². The average Bonchev–Trinajstić information content (AvgIpc) is 3.26. The van der Waals surface area contributed by atoms with Crippen LogP contribution >= 0.6 is 0 Å². The SMILES string of the molecule is Cn1ccc(C(=O)N2CCc3nc(-c4ccncc4)nc(Nc4ccccc4F)c3C2)n1. The van der Waals surface area contributed by atoms with Gasteiger partial charge in [0.1, 0.15) is 17.3 Å². The number of carbonyl (C=O) groups is 1. The monoisotopic (exact) mass is 429 g/mol. The number of nitrogens with one attached hydrogen (secondary N) is 1. The van der Waals surface area contributed by atoms with E-state index >= 15 is 0 Å². The zero-order chi connectivity index (χ0) is 22.1. The Morgan fingerprint density at radius 1 is 1.09 bits per heavy atom. The largest absolute Gasteiger partial charge is 0.337 e. The number of aryl methyl sites for hydroxylation is 1. The normalized spacial score (nSPS) is 13.0. The smallest absolute Gasteiger partial charge is 0.274 e. The van der Waals surface area contributed by atoms with Crippen molar-refractivity contribution in [1.82, 2.24) is 29.6 Å². The summed E-state index contributed by atoms with van der Waals surface area (Å²) in [5.74, 6) is 0.453. The minimum atomic E-state index is -0.387. The number of fused-ring (bicyclic) bond motifs is 1. The lowest BCUT2D eigenvalue weighted by atomic mass is 10.0. The Labute approximate surface area is 183 Å². The van der Waals surface area contributed by atoms with Crippen LogP contribution in [0.3, 0.4) is 0 Å². The lowest BCUT2D eigenvalue weighted by Crippen LogP contribution is -2.37. The number of halogens is 1. The zero-order valence-electron chi connectivity index (χ0n) is 17.4. The van der Waals surface area contributed by atoms with Crippen LogP contribution in [0.15, 0.2) is 61.1 Å². The molecule has 4 heterocycles. The summed E-state index contributed by atoms with van der Waals surface area (Å²) in [6, 6.07) is 11.8. The number of aromatic nitrogens is 5. The maximum Gasteiger partial charge on any atom is 0.274 e. The van der Waals surface area contributed by atoms with Crippen LogP contribution in [-0.4, -0.2) is 42.1 Å². The standard InChI is InChI=1S/C23H20FN7O/c1-30-12-8-20(29-30)23(32)31-13-9-18-16(14-31)22(27-19-5-3-2-4-17(19)24)28-21(26-18)15-6-10-25-11-7-15/h2-8,10-12H,9,13-14H2,1H3,(H,26,27,28). The fraction of sp³-hybridized carbons (Fsp3) is 0.174. The molecule has 0 saturated heterocycles. The number of para-hydroxylation sites is 1. The van der Waals surface area contributed by atoms with Gasteiger partial charge in [-0.2, -0.15) is 5.10 Å². The van der Waals surface area contributed by atoms with E-state index in [9.17, 15) is 9.18 Å². The van der Waals surface area contributed by atoms with Crippen LogP contribution in [0.2, 0.25) is 0 Å². The van der Waals surface area contributed by atoms with Crippen molar-refractivity contribution in [2.45, 2.75) is 13.0 Å². The van der Waals surface area contributed by atoms with Gasteiger partial charge in [-0.3, -0.25) is 14.5 Å². The molecule has 32 heavy (non-hydrogen) atoms. The molecule has 0 unspecified atom stereocenters. The number of rotatable bonds is 4. The van der Waals surface area contributed by atoms with Crippen molar-refractivity contribution < 1.29 is 9.18 Å². The van der Waals surface area contributed by atoms with Crippen LogP contribution in [0.4, 0.5) is 15.9 Å². The van der Waals surface area contributed by atoms with Crippen LogP contribution in [0.5, 0.6) is 0 Å². The molecule has 1 aliphatic rings. The molecule has 0 fully saturated rings. The van der Waals surface area contributed by atoms with Crippen molar-refractivity contribution >= 4 is 17.4 Å². The number of carbonyl (C=O) groups excluding carboxylic acids is 1. The minimum Gasteiger partial charge on any atom is -0.337 e. The third-order valence-corrected chi connectivity index (χ3v) is 5.35. The fourth-order valence-corrected chi connectivity index (χ4v) is 3.70. The third-order valence-electron chi connectivity index (χ3n) is 5.35. The first-order valence-electron chi connectivity index (χ1n) is 10.2. The highest BCUT2D eigenvalue weighted by atomic mass is 19.1. The van der Waals surface area contributed by atoms with Gasteiger partial charge in [0.25, 0.3) is 5.91 Å². The van der Waals surface area contributed by atoms with Crippen molar-refractivity contribution in [2.75, 3.05) is 11.9 Å². The van der Waals surface area contributed by atoms with Crippen LogP contribution < -0.4 is 5.32 Å². The molecule has 160 valence electrons. The fourth-order valence-electron chi connectivity index (χ4n) is 3.70. The maximum atomic E-state index is 14.4. The van der Waals surface area contributed by atoms with Crippen LogP contribution in [0.25, 0.3) is 11.4 Å².